The first-order valence-corrected chi connectivity index (χ1v) is 3.13. The van der Waals surface area contributed by atoms with E-state index in [-0.39, 0.29) is 0 Å². The summed E-state index contributed by atoms with van der Waals surface area (Å²) >= 11 is 0. The van der Waals surface area contributed by atoms with Crippen LogP contribution in [0.4, 0.5) is 5.69 Å². The summed E-state index contributed by atoms with van der Waals surface area (Å²) in [6.45, 7) is 0. The predicted molar refractivity (Wildman–Crippen MR) is 40.7 cm³/mol. The summed E-state index contributed by atoms with van der Waals surface area (Å²) in [7, 11) is 0. The molecule has 0 amide bonds. The zero-order valence-corrected chi connectivity index (χ0v) is 6.18. The average Bonchev–Trinajstić information content (AvgIpc) is 2.02. The number of hydrogen-bond acceptors (Lipinski definition) is 4. The Morgan fingerprint density at radius 2 is 2.23 bits per heavy atom. The highest BCUT2D eigenvalue weighted by Crippen LogP contribution is 2.12. The number of nitrogens with zero attached hydrogens (tertiary/aromatic N) is 1. The maximum absolute atomic E-state index is 10.8. The van der Waals surface area contributed by atoms with E-state index < -0.39 is 27.7 Å². The number of pyridine rings is 1. The second-order valence-corrected chi connectivity index (χ2v) is 2.13. The molecule has 7 heteroatoms. The molecule has 0 aromatic carbocycles. The SMILES string of the molecule is O=C(O)c1c([N+](=O)[O-])cc[nH]c1=O. The number of nitrogens with one attached hydrogen (secondary N) is 1. The van der Waals surface area contributed by atoms with Gasteiger partial charge in [0.05, 0.1) is 4.92 Å². The van der Waals surface area contributed by atoms with Gasteiger partial charge in [0.15, 0.2) is 0 Å². The molecule has 7 nitrogen and oxygen atoms in total. The van der Waals surface area contributed by atoms with Crippen LogP contribution in [0.2, 0.25) is 0 Å². The van der Waals surface area contributed by atoms with E-state index in [2.05, 4.69) is 0 Å². The monoisotopic (exact) mass is 184 g/mol. The van der Waals surface area contributed by atoms with Crippen LogP contribution in [0.1, 0.15) is 10.4 Å². The van der Waals surface area contributed by atoms with Gasteiger partial charge in [-0.3, -0.25) is 14.9 Å². The third-order valence-electron chi connectivity index (χ3n) is 1.35. The van der Waals surface area contributed by atoms with E-state index in [9.17, 15) is 19.7 Å². The molecule has 0 spiro atoms. The minimum Gasteiger partial charge on any atom is -0.477 e. The second kappa shape index (κ2) is 3.05. The van der Waals surface area contributed by atoms with Crippen molar-refractivity contribution in [3.8, 4) is 0 Å². The molecule has 68 valence electrons. The summed E-state index contributed by atoms with van der Waals surface area (Å²) in [4.78, 5) is 32.7. The van der Waals surface area contributed by atoms with Crippen LogP contribution >= 0.6 is 0 Å². The second-order valence-electron chi connectivity index (χ2n) is 2.13. The number of aromatic carboxylic acids is 1. The highest BCUT2D eigenvalue weighted by Gasteiger charge is 2.22. The minimum atomic E-state index is -1.62. The molecule has 0 saturated carbocycles. The largest absolute Gasteiger partial charge is 0.477 e. The Morgan fingerprint density at radius 1 is 1.62 bits per heavy atom. The number of hydrogen-bond donors (Lipinski definition) is 2. The van der Waals surface area contributed by atoms with Gasteiger partial charge in [0.2, 0.25) is 5.56 Å². The van der Waals surface area contributed by atoms with Crippen molar-refractivity contribution >= 4 is 11.7 Å². The molecule has 0 aliphatic rings. The maximum atomic E-state index is 10.8. The molecule has 13 heavy (non-hydrogen) atoms. The van der Waals surface area contributed by atoms with E-state index in [0.29, 0.717) is 0 Å². The smallest absolute Gasteiger partial charge is 0.348 e. The molecule has 1 rings (SSSR count). The third kappa shape index (κ3) is 1.53. The van der Waals surface area contributed by atoms with Crippen molar-refractivity contribution < 1.29 is 14.8 Å². The van der Waals surface area contributed by atoms with E-state index in [1.54, 1.807) is 0 Å². The number of H-pyrrole nitrogens is 1. The fraction of sp³-hybridized carbons (Fsp3) is 0. The van der Waals surface area contributed by atoms with Gasteiger partial charge in [-0.1, -0.05) is 0 Å². The van der Waals surface area contributed by atoms with Gasteiger partial charge in [-0.25, -0.2) is 4.79 Å². The Balaban J connectivity index is 3.52. The van der Waals surface area contributed by atoms with Crippen molar-refractivity contribution in [3.05, 3.63) is 38.3 Å². The van der Waals surface area contributed by atoms with Crippen LogP contribution in [-0.2, 0) is 0 Å². The van der Waals surface area contributed by atoms with Crippen molar-refractivity contribution in [2.24, 2.45) is 0 Å². The zero-order valence-electron chi connectivity index (χ0n) is 6.18. The zero-order chi connectivity index (χ0) is 10.0. The lowest BCUT2D eigenvalue weighted by atomic mass is 10.2. The molecule has 1 aromatic rings. The number of aromatic amines is 1. The molecule has 0 saturated heterocycles. The Bertz CT molecular complexity index is 421. The molecule has 2 N–H and O–H groups in total. The first-order chi connectivity index (χ1) is 6.04. The number of carboxylic acid groups (broad SMARTS) is 1. The molecule has 0 fully saturated rings. The fourth-order valence-corrected chi connectivity index (χ4v) is 0.827. The molecular weight excluding hydrogens is 180 g/mol. The lowest BCUT2D eigenvalue weighted by Gasteiger charge is -1.94. The van der Waals surface area contributed by atoms with Crippen LogP contribution in [0.25, 0.3) is 0 Å². The van der Waals surface area contributed by atoms with Gasteiger partial charge in [0, 0.05) is 12.3 Å². The fourth-order valence-electron chi connectivity index (χ4n) is 0.827. The average molecular weight is 184 g/mol. The predicted octanol–water partition coefficient (Wildman–Crippen LogP) is -0.0187. The van der Waals surface area contributed by atoms with Gasteiger partial charge in [-0.05, 0) is 0 Å². The van der Waals surface area contributed by atoms with Crippen molar-refractivity contribution in [2.45, 2.75) is 0 Å². The van der Waals surface area contributed by atoms with Crippen molar-refractivity contribution in [2.75, 3.05) is 0 Å². The molecule has 1 aromatic heterocycles. The summed E-state index contributed by atoms with van der Waals surface area (Å²) in [5.74, 6) is -1.62. The first kappa shape index (κ1) is 8.91. The van der Waals surface area contributed by atoms with Gasteiger partial charge < -0.3 is 10.1 Å². The lowest BCUT2D eigenvalue weighted by Crippen LogP contribution is -2.18. The van der Waals surface area contributed by atoms with Gasteiger partial charge in [-0.2, -0.15) is 0 Å². The highest BCUT2D eigenvalue weighted by molar-refractivity contribution is 5.91. The standard InChI is InChI=1S/C6H4N2O5/c9-5-4(6(10)11)3(8(12)13)1-2-7-5/h1-2H,(H,7,9)(H,10,11). The summed E-state index contributed by atoms with van der Waals surface area (Å²) < 4.78 is 0. The Labute approximate surface area is 70.8 Å². The quantitative estimate of drug-likeness (QED) is 0.495. The van der Waals surface area contributed by atoms with E-state index in [1.807, 2.05) is 4.98 Å². The Morgan fingerprint density at radius 3 is 2.62 bits per heavy atom. The van der Waals surface area contributed by atoms with Crippen LogP contribution in [-0.4, -0.2) is 21.0 Å². The maximum Gasteiger partial charge on any atom is 0.348 e. The van der Waals surface area contributed by atoms with Crippen LogP contribution in [0, 0.1) is 10.1 Å². The lowest BCUT2D eigenvalue weighted by molar-refractivity contribution is -0.385. The number of rotatable bonds is 2. The molecule has 0 atom stereocenters. The summed E-state index contributed by atoms with van der Waals surface area (Å²) in [5.41, 5.74) is -2.55. The van der Waals surface area contributed by atoms with E-state index in [0.717, 1.165) is 12.3 Å². The highest BCUT2D eigenvalue weighted by atomic mass is 16.6. The van der Waals surface area contributed by atoms with Crippen molar-refractivity contribution in [1.82, 2.24) is 4.98 Å². The van der Waals surface area contributed by atoms with E-state index >= 15 is 0 Å². The molecule has 1 heterocycles. The Hall–Kier alpha value is -2.18. The van der Waals surface area contributed by atoms with Crippen LogP contribution in [0.3, 0.4) is 0 Å². The van der Waals surface area contributed by atoms with Crippen molar-refractivity contribution in [3.63, 3.8) is 0 Å². The van der Waals surface area contributed by atoms with Gasteiger partial charge in [-0.15, -0.1) is 0 Å². The molecular formula is C6H4N2O5. The molecule has 0 radical (unpaired) electrons. The van der Waals surface area contributed by atoms with Gasteiger partial charge in [0.1, 0.15) is 0 Å². The third-order valence-corrected chi connectivity index (χ3v) is 1.35. The first-order valence-electron chi connectivity index (χ1n) is 3.13. The van der Waals surface area contributed by atoms with Gasteiger partial charge in [0.25, 0.3) is 11.2 Å². The van der Waals surface area contributed by atoms with Gasteiger partial charge >= 0.3 is 5.97 Å². The van der Waals surface area contributed by atoms with Crippen molar-refractivity contribution in [1.29, 1.82) is 0 Å². The van der Waals surface area contributed by atoms with E-state index in [1.165, 1.54) is 0 Å². The van der Waals surface area contributed by atoms with Crippen LogP contribution in [0.5, 0.6) is 0 Å². The summed E-state index contributed by atoms with van der Waals surface area (Å²) in [6.07, 6.45) is 1.02. The molecule has 0 bridgehead atoms. The number of nitro groups is 1. The number of aromatic nitrogens is 1. The van der Waals surface area contributed by atoms with Crippen LogP contribution in [0.15, 0.2) is 17.1 Å². The normalized spacial score (nSPS) is 9.54. The van der Waals surface area contributed by atoms with Crippen LogP contribution < -0.4 is 5.56 Å². The molecule has 0 unspecified atom stereocenters. The summed E-state index contributed by atoms with van der Waals surface area (Å²) in [6, 6.07) is 0.921. The molecule has 0 aliphatic heterocycles. The molecule has 0 aliphatic carbocycles. The Kier molecular flexibility index (Phi) is 2.09. The summed E-state index contributed by atoms with van der Waals surface area (Å²) in [5, 5.41) is 18.7. The minimum absolute atomic E-state index is 0.712. The topological polar surface area (TPSA) is 113 Å². The number of carboxylic acids is 1. The van der Waals surface area contributed by atoms with E-state index in [4.69, 9.17) is 5.11 Å². The number of carbonyl (C=O) groups is 1.